The Bertz CT molecular complexity index is 934. The van der Waals surface area contributed by atoms with Crippen molar-refractivity contribution >= 4 is 33.1 Å². The van der Waals surface area contributed by atoms with Crippen molar-refractivity contribution < 1.29 is 9.18 Å². The molecule has 2 aliphatic rings. The molecule has 5 heteroatoms. The maximum absolute atomic E-state index is 13.1. The van der Waals surface area contributed by atoms with Crippen LogP contribution >= 0.6 is 15.9 Å². The molecule has 1 aromatic heterocycles. The average molecular weight is 429 g/mol. The first-order valence-electron chi connectivity index (χ1n) is 9.25. The number of hydrogen-bond acceptors (Lipinski definition) is 3. The second-order valence-corrected chi connectivity index (χ2v) is 9.02. The van der Waals surface area contributed by atoms with Crippen molar-refractivity contribution in [2.24, 2.45) is 5.41 Å². The van der Waals surface area contributed by atoms with Crippen LogP contribution < -0.4 is 4.90 Å². The molecule has 0 radical (unpaired) electrons. The fourth-order valence-electron chi connectivity index (χ4n) is 3.95. The summed E-state index contributed by atoms with van der Waals surface area (Å²) in [6, 6.07) is 8.61. The number of ketones is 1. The topological polar surface area (TPSA) is 33.2 Å². The second-order valence-electron chi connectivity index (χ2n) is 8.16. The smallest absolute Gasteiger partial charge is 0.165 e. The molecule has 140 valence electrons. The van der Waals surface area contributed by atoms with Crippen LogP contribution in [0, 0.1) is 11.2 Å². The quantitative estimate of drug-likeness (QED) is 0.638. The molecule has 0 N–H and O–H groups in total. The van der Waals surface area contributed by atoms with Gasteiger partial charge in [0.15, 0.2) is 5.78 Å². The highest BCUT2D eigenvalue weighted by Crippen LogP contribution is 2.38. The number of halogens is 2. The van der Waals surface area contributed by atoms with Crippen LogP contribution in [0.25, 0.3) is 5.57 Å². The zero-order chi connectivity index (χ0) is 19.2. The first-order chi connectivity index (χ1) is 12.8. The summed E-state index contributed by atoms with van der Waals surface area (Å²) >= 11 is 3.62. The van der Waals surface area contributed by atoms with E-state index in [1.54, 1.807) is 0 Å². The molecule has 0 unspecified atom stereocenters. The highest BCUT2D eigenvalue weighted by Gasteiger charge is 2.33. The largest absolute Gasteiger partial charge is 0.352 e. The van der Waals surface area contributed by atoms with Crippen LogP contribution in [0.3, 0.4) is 0 Å². The lowest BCUT2D eigenvalue weighted by atomic mass is 9.76. The monoisotopic (exact) mass is 428 g/mol. The van der Waals surface area contributed by atoms with Gasteiger partial charge in [0.2, 0.25) is 0 Å². The van der Waals surface area contributed by atoms with Gasteiger partial charge >= 0.3 is 0 Å². The van der Waals surface area contributed by atoms with Gasteiger partial charge in [0, 0.05) is 25.1 Å². The van der Waals surface area contributed by atoms with E-state index in [1.165, 1.54) is 17.7 Å². The van der Waals surface area contributed by atoms with E-state index in [-0.39, 0.29) is 17.0 Å². The number of anilines is 1. The van der Waals surface area contributed by atoms with Crippen LogP contribution in [0.4, 0.5) is 10.2 Å². The highest BCUT2D eigenvalue weighted by atomic mass is 79.9. The van der Waals surface area contributed by atoms with Gasteiger partial charge in [0.25, 0.3) is 0 Å². The molecule has 0 saturated carbocycles. The van der Waals surface area contributed by atoms with Crippen LogP contribution in [0.5, 0.6) is 0 Å². The molecule has 4 rings (SSSR count). The van der Waals surface area contributed by atoms with E-state index in [0.29, 0.717) is 6.42 Å². The minimum absolute atomic E-state index is 0.0419. The van der Waals surface area contributed by atoms with Crippen molar-refractivity contribution in [3.63, 3.8) is 0 Å². The Morgan fingerprint density at radius 3 is 2.59 bits per heavy atom. The van der Waals surface area contributed by atoms with Crippen molar-refractivity contribution in [1.82, 2.24) is 4.98 Å². The normalized spacial score (nSPS) is 18.9. The summed E-state index contributed by atoms with van der Waals surface area (Å²) in [5.41, 5.74) is 3.92. The minimum Gasteiger partial charge on any atom is -0.352 e. The number of carbonyl (C=O) groups is 1. The highest BCUT2D eigenvalue weighted by molar-refractivity contribution is 9.10. The number of rotatable bonds is 2. The average Bonchev–Trinajstić information content (AvgIpc) is 2.62. The van der Waals surface area contributed by atoms with Crippen molar-refractivity contribution in [1.29, 1.82) is 0 Å². The van der Waals surface area contributed by atoms with Gasteiger partial charge in [0.1, 0.15) is 11.6 Å². The maximum atomic E-state index is 13.1. The van der Waals surface area contributed by atoms with Gasteiger partial charge < -0.3 is 4.90 Å². The predicted octanol–water partition coefficient (Wildman–Crippen LogP) is 5.43. The lowest BCUT2D eigenvalue weighted by molar-refractivity contribution is 0.0910. The Hall–Kier alpha value is -2.01. The van der Waals surface area contributed by atoms with Crippen LogP contribution in [0.15, 0.2) is 40.9 Å². The molecule has 2 aromatic rings. The van der Waals surface area contributed by atoms with Crippen molar-refractivity contribution in [2.45, 2.75) is 33.1 Å². The fourth-order valence-corrected chi connectivity index (χ4v) is 4.52. The van der Waals surface area contributed by atoms with Gasteiger partial charge in [-0.1, -0.05) is 32.1 Å². The summed E-state index contributed by atoms with van der Waals surface area (Å²) < 4.78 is 14.0. The van der Waals surface area contributed by atoms with E-state index < -0.39 is 0 Å². The van der Waals surface area contributed by atoms with Gasteiger partial charge in [0.05, 0.1) is 10.2 Å². The van der Waals surface area contributed by atoms with Gasteiger partial charge in [-0.25, -0.2) is 9.37 Å². The lowest BCUT2D eigenvalue weighted by Crippen LogP contribution is -2.32. The molecule has 0 atom stereocenters. The molecule has 0 fully saturated rings. The Labute approximate surface area is 167 Å². The third-order valence-corrected chi connectivity index (χ3v) is 5.93. The van der Waals surface area contributed by atoms with Crippen molar-refractivity contribution in [3.05, 3.63) is 63.5 Å². The number of benzene rings is 1. The molecule has 27 heavy (non-hydrogen) atoms. The van der Waals surface area contributed by atoms with Crippen LogP contribution in [-0.2, 0) is 6.42 Å². The first kappa shape index (κ1) is 18.4. The zero-order valence-electron chi connectivity index (χ0n) is 15.6. The number of Topliss-reactive ketones (excluding diaryl/α,β-unsaturated/α-hetero) is 1. The summed E-state index contributed by atoms with van der Waals surface area (Å²) in [6.07, 6.45) is 4.44. The Morgan fingerprint density at radius 2 is 1.93 bits per heavy atom. The van der Waals surface area contributed by atoms with Gasteiger partial charge in [-0.15, -0.1) is 0 Å². The van der Waals surface area contributed by atoms with Crippen LogP contribution in [0.2, 0.25) is 0 Å². The fraction of sp³-hybridized carbons (Fsp3) is 0.364. The van der Waals surface area contributed by atoms with Crippen molar-refractivity contribution in [2.75, 3.05) is 18.0 Å². The number of carbonyl (C=O) groups excluding carboxylic acids is 1. The number of hydrogen-bond donors (Lipinski definition) is 0. The number of pyridine rings is 1. The summed E-state index contributed by atoms with van der Waals surface area (Å²) in [5, 5.41) is 0. The molecule has 0 amide bonds. The number of fused-ring (bicyclic) bond motifs is 1. The Kier molecular flexibility index (Phi) is 4.66. The second kappa shape index (κ2) is 6.86. The Balaban J connectivity index is 1.60. The Morgan fingerprint density at radius 1 is 1.19 bits per heavy atom. The predicted molar refractivity (Wildman–Crippen MR) is 110 cm³/mol. The van der Waals surface area contributed by atoms with E-state index in [4.69, 9.17) is 4.98 Å². The van der Waals surface area contributed by atoms with Crippen molar-refractivity contribution in [3.8, 4) is 0 Å². The van der Waals surface area contributed by atoms with Crippen LogP contribution in [-0.4, -0.2) is 23.9 Å². The molecule has 2 heterocycles. The summed E-state index contributed by atoms with van der Waals surface area (Å²) in [4.78, 5) is 19.6. The van der Waals surface area contributed by atoms with E-state index in [9.17, 15) is 9.18 Å². The summed E-state index contributed by atoms with van der Waals surface area (Å²) in [6.45, 7) is 5.82. The van der Waals surface area contributed by atoms with E-state index in [2.05, 4.69) is 40.8 Å². The number of nitrogens with zero attached hydrogens (tertiary/aromatic N) is 2. The van der Waals surface area contributed by atoms with Gasteiger partial charge in [-0.05, 0) is 63.5 Å². The van der Waals surface area contributed by atoms with Gasteiger partial charge in [-0.2, -0.15) is 0 Å². The molecular formula is C22H22BrFN2O. The summed E-state index contributed by atoms with van der Waals surface area (Å²) in [7, 11) is 0. The maximum Gasteiger partial charge on any atom is 0.165 e. The molecule has 0 bridgehead atoms. The molecular weight excluding hydrogens is 407 g/mol. The molecule has 3 nitrogen and oxygen atoms in total. The molecule has 1 aromatic carbocycles. The first-order valence-corrected chi connectivity index (χ1v) is 10.0. The van der Waals surface area contributed by atoms with Gasteiger partial charge in [-0.3, -0.25) is 4.79 Å². The van der Waals surface area contributed by atoms with E-state index in [1.807, 2.05) is 18.2 Å². The minimum atomic E-state index is -0.212. The molecule has 0 saturated heterocycles. The molecule has 1 aliphatic carbocycles. The zero-order valence-corrected chi connectivity index (χ0v) is 17.1. The third kappa shape index (κ3) is 3.70. The molecule has 1 aliphatic heterocycles. The van der Waals surface area contributed by atoms with Crippen LogP contribution in [0.1, 0.15) is 48.3 Å². The lowest BCUT2D eigenvalue weighted by Gasteiger charge is -2.32. The van der Waals surface area contributed by atoms with E-state index >= 15 is 0 Å². The number of aromatic nitrogens is 1. The third-order valence-electron chi connectivity index (χ3n) is 5.35. The SMILES string of the molecule is CC1(C)CC(=O)c2cc(Br)c(N3CC=C(c4ccc(F)cc4)CC3)nc2C1. The molecule has 0 spiro atoms. The standard InChI is InChI=1S/C22H22BrFN2O/c1-22(2)12-19-17(20(27)13-22)11-18(23)21(25-19)26-9-7-15(8-10-26)14-3-5-16(24)6-4-14/h3-7,11H,8-10,12-13H2,1-2H3. The summed E-state index contributed by atoms with van der Waals surface area (Å²) in [5.74, 6) is 0.864. The van der Waals surface area contributed by atoms with E-state index in [0.717, 1.165) is 53.0 Å².